The topological polar surface area (TPSA) is 73.3 Å². The van der Waals surface area contributed by atoms with E-state index in [2.05, 4.69) is 15.3 Å². The van der Waals surface area contributed by atoms with E-state index in [1.54, 1.807) is 21.3 Å². The highest BCUT2D eigenvalue weighted by Gasteiger charge is 2.27. The van der Waals surface area contributed by atoms with Crippen LogP contribution in [0.5, 0.6) is 11.8 Å². The number of carbonyl (C=O) groups is 1. The summed E-state index contributed by atoms with van der Waals surface area (Å²) in [4.78, 5) is 19.9. The van der Waals surface area contributed by atoms with E-state index >= 15 is 0 Å². The van der Waals surface area contributed by atoms with Gasteiger partial charge in [0.05, 0.1) is 19.8 Å². The molecular weight excluding hydrogens is 246 g/mol. The van der Waals surface area contributed by atoms with Crippen molar-refractivity contribution in [3.8, 4) is 11.8 Å². The molecule has 6 heteroatoms. The summed E-state index contributed by atoms with van der Waals surface area (Å²) in [5.41, 5.74) is 0.742. The van der Waals surface area contributed by atoms with Gasteiger partial charge in [-0.05, 0) is 5.92 Å². The molecule has 1 heterocycles. The molecule has 0 aromatic carbocycles. The Labute approximate surface area is 113 Å². The Kier molecular flexibility index (Phi) is 5.54. The summed E-state index contributed by atoms with van der Waals surface area (Å²) in [6.45, 7) is 4.08. The van der Waals surface area contributed by atoms with Crippen LogP contribution >= 0.6 is 0 Å². The van der Waals surface area contributed by atoms with Crippen LogP contribution in [0.15, 0.2) is 6.33 Å². The minimum absolute atomic E-state index is 0.0355. The molecule has 1 atom stereocenters. The highest BCUT2D eigenvalue weighted by atomic mass is 16.5. The summed E-state index contributed by atoms with van der Waals surface area (Å²) < 4.78 is 10.5. The van der Waals surface area contributed by atoms with Gasteiger partial charge in [-0.3, -0.25) is 4.79 Å². The van der Waals surface area contributed by atoms with E-state index in [0.29, 0.717) is 18.2 Å². The molecular formula is C13H21N3O3. The highest BCUT2D eigenvalue weighted by molar-refractivity contribution is 5.76. The molecule has 0 fully saturated rings. The van der Waals surface area contributed by atoms with Crippen molar-refractivity contribution in [2.24, 2.45) is 5.92 Å². The highest BCUT2D eigenvalue weighted by Crippen LogP contribution is 2.38. The van der Waals surface area contributed by atoms with Gasteiger partial charge in [0.2, 0.25) is 17.7 Å². The number of hydrogen-bond donors (Lipinski definition) is 1. The molecule has 19 heavy (non-hydrogen) atoms. The largest absolute Gasteiger partial charge is 0.481 e. The molecule has 1 rings (SSSR count). The monoisotopic (exact) mass is 267 g/mol. The summed E-state index contributed by atoms with van der Waals surface area (Å²) in [5.74, 6) is 1.03. The van der Waals surface area contributed by atoms with E-state index in [1.807, 2.05) is 13.8 Å². The fourth-order valence-electron chi connectivity index (χ4n) is 1.98. The molecule has 1 amide bonds. The number of nitrogens with one attached hydrogen (secondary N) is 1. The Morgan fingerprint density at radius 2 is 1.79 bits per heavy atom. The fourth-order valence-corrected chi connectivity index (χ4v) is 1.98. The summed E-state index contributed by atoms with van der Waals surface area (Å²) in [7, 11) is 4.71. The van der Waals surface area contributed by atoms with Crippen LogP contribution in [0, 0.1) is 5.92 Å². The van der Waals surface area contributed by atoms with Crippen LogP contribution in [0.3, 0.4) is 0 Å². The lowest BCUT2D eigenvalue weighted by Gasteiger charge is -2.23. The fraction of sp³-hybridized carbons (Fsp3) is 0.615. The Hall–Kier alpha value is -1.85. The van der Waals surface area contributed by atoms with Crippen molar-refractivity contribution in [1.82, 2.24) is 15.3 Å². The number of carbonyl (C=O) groups excluding carboxylic acids is 1. The average molecular weight is 267 g/mol. The van der Waals surface area contributed by atoms with Gasteiger partial charge in [0.1, 0.15) is 6.33 Å². The normalized spacial score (nSPS) is 12.1. The first-order valence-electron chi connectivity index (χ1n) is 6.18. The molecule has 0 aliphatic rings. The van der Waals surface area contributed by atoms with E-state index in [9.17, 15) is 4.79 Å². The lowest BCUT2D eigenvalue weighted by Crippen LogP contribution is -2.23. The zero-order valence-electron chi connectivity index (χ0n) is 12.1. The van der Waals surface area contributed by atoms with Gasteiger partial charge in [0, 0.05) is 19.4 Å². The summed E-state index contributed by atoms with van der Waals surface area (Å²) in [5, 5.41) is 2.63. The van der Waals surface area contributed by atoms with Gasteiger partial charge in [-0.25, -0.2) is 9.97 Å². The standard InChI is InChI=1S/C13H21N3O3/c1-8(2)9(6-10(17)14-3)11-12(18-4)15-7-16-13(11)19-5/h7-9H,6H2,1-5H3,(H,14,17). The molecule has 1 aromatic heterocycles. The Bertz CT molecular complexity index is 413. The van der Waals surface area contributed by atoms with Crippen molar-refractivity contribution >= 4 is 5.91 Å². The second kappa shape index (κ2) is 6.92. The summed E-state index contributed by atoms with van der Waals surface area (Å²) in [6.07, 6.45) is 1.73. The van der Waals surface area contributed by atoms with Gasteiger partial charge in [-0.1, -0.05) is 13.8 Å². The molecule has 0 bridgehead atoms. The van der Waals surface area contributed by atoms with Crippen molar-refractivity contribution in [2.75, 3.05) is 21.3 Å². The summed E-state index contributed by atoms with van der Waals surface area (Å²) >= 11 is 0. The molecule has 1 N–H and O–H groups in total. The summed E-state index contributed by atoms with van der Waals surface area (Å²) in [6, 6.07) is 0. The van der Waals surface area contributed by atoms with E-state index in [1.165, 1.54) is 6.33 Å². The molecule has 1 unspecified atom stereocenters. The third-order valence-electron chi connectivity index (χ3n) is 3.06. The SMILES string of the molecule is CNC(=O)CC(c1c(OC)ncnc1OC)C(C)C. The van der Waals surface area contributed by atoms with Crippen LogP contribution in [0.25, 0.3) is 0 Å². The molecule has 0 saturated carbocycles. The Morgan fingerprint density at radius 3 is 2.16 bits per heavy atom. The first-order valence-corrected chi connectivity index (χ1v) is 6.18. The molecule has 1 aromatic rings. The average Bonchev–Trinajstić information content (AvgIpc) is 2.43. The molecule has 0 aliphatic carbocycles. The van der Waals surface area contributed by atoms with E-state index in [4.69, 9.17) is 9.47 Å². The van der Waals surface area contributed by atoms with Crippen LogP contribution < -0.4 is 14.8 Å². The molecule has 0 radical (unpaired) electrons. The van der Waals surface area contributed by atoms with Gasteiger partial charge < -0.3 is 14.8 Å². The Balaban J connectivity index is 3.24. The van der Waals surface area contributed by atoms with Crippen LogP contribution in [0.2, 0.25) is 0 Å². The lowest BCUT2D eigenvalue weighted by atomic mass is 9.86. The maximum absolute atomic E-state index is 11.7. The predicted molar refractivity (Wildman–Crippen MR) is 71.4 cm³/mol. The maximum Gasteiger partial charge on any atom is 0.223 e. The maximum atomic E-state index is 11.7. The molecule has 106 valence electrons. The molecule has 0 spiro atoms. The van der Waals surface area contributed by atoms with Gasteiger partial charge >= 0.3 is 0 Å². The zero-order chi connectivity index (χ0) is 14.4. The van der Waals surface area contributed by atoms with E-state index in [-0.39, 0.29) is 17.7 Å². The first-order chi connectivity index (χ1) is 9.04. The number of methoxy groups -OCH3 is 2. The van der Waals surface area contributed by atoms with Gasteiger partial charge in [-0.15, -0.1) is 0 Å². The lowest BCUT2D eigenvalue weighted by molar-refractivity contribution is -0.121. The first kappa shape index (κ1) is 15.2. The van der Waals surface area contributed by atoms with Crippen LogP contribution in [0.1, 0.15) is 31.7 Å². The van der Waals surface area contributed by atoms with Crippen LogP contribution in [-0.4, -0.2) is 37.1 Å². The Morgan fingerprint density at radius 1 is 1.26 bits per heavy atom. The van der Waals surface area contributed by atoms with Crippen molar-refractivity contribution in [3.05, 3.63) is 11.9 Å². The van der Waals surface area contributed by atoms with Gasteiger partial charge in [0.15, 0.2) is 0 Å². The van der Waals surface area contributed by atoms with Gasteiger partial charge in [0.25, 0.3) is 0 Å². The van der Waals surface area contributed by atoms with Crippen molar-refractivity contribution in [1.29, 1.82) is 0 Å². The smallest absolute Gasteiger partial charge is 0.223 e. The number of aromatic nitrogens is 2. The molecule has 0 saturated heterocycles. The number of rotatable bonds is 6. The quantitative estimate of drug-likeness (QED) is 0.842. The number of hydrogen-bond acceptors (Lipinski definition) is 5. The second-order valence-corrected chi connectivity index (χ2v) is 4.53. The minimum atomic E-state index is -0.0638. The van der Waals surface area contributed by atoms with Crippen molar-refractivity contribution < 1.29 is 14.3 Å². The number of ether oxygens (including phenoxy) is 2. The van der Waals surface area contributed by atoms with Crippen LogP contribution in [0.4, 0.5) is 0 Å². The van der Waals surface area contributed by atoms with Gasteiger partial charge in [-0.2, -0.15) is 0 Å². The number of amides is 1. The zero-order valence-corrected chi connectivity index (χ0v) is 12.1. The van der Waals surface area contributed by atoms with Crippen molar-refractivity contribution in [2.45, 2.75) is 26.2 Å². The predicted octanol–water partition coefficient (Wildman–Crippen LogP) is 1.37. The van der Waals surface area contributed by atoms with Crippen LogP contribution in [-0.2, 0) is 4.79 Å². The van der Waals surface area contributed by atoms with Crippen molar-refractivity contribution in [3.63, 3.8) is 0 Å². The minimum Gasteiger partial charge on any atom is -0.481 e. The van der Waals surface area contributed by atoms with E-state index < -0.39 is 0 Å². The number of nitrogens with zero attached hydrogens (tertiary/aromatic N) is 2. The third kappa shape index (κ3) is 3.56. The third-order valence-corrected chi connectivity index (χ3v) is 3.06. The molecule has 0 aliphatic heterocycles. The molecule has 6 nitrogen and oxygen atoms in total. The second-order valence-electron chi connectivity index (χ2n) is 4.53. The van der Waals surface area contributed by atoms with E-state index in [0.717, 1.165) is 5.56 Å².